The molecule has 3 N–H and O–H groups in total. The molecule has 2 aromatic carbocycles. The first-order valence-electron chi connectivity index (χ1n) is 8.10. The summed E-state index contributed by atoms with van der Waals surface area (Å²) in [5.74, 6) is -0.358. The highest BCUT2D eigenvalue weighted by Gasteiger charge is 2.40. The number of benzene rings is 2. The zero-order chi connectivity index (χ0) is 17.8. The number of rotatable bonds is 4. The van der Waals surface area contributed by atoms with Crippen LogP contribution in [0.3, 0.4) is 0 Å². The first-order chi connectivity index (χ1) is 12.1. The van der Waals surface area contributed by atoms with Gasteiger partial charge in [-0.2, -0.15) is 0 Å². The molecule has 0 spiro atoms. The lowest BCUT2D eigenvalue weighted by Crippen LogP contribution is -2.33. The van der Waals surface area contributed by atoms with Gasteiger partial charge in [0.25, 0.3) is 11.9 Å². The summed E-state index contributed by atoms with van der Waals surface area (Å²) in [6.07, 6.45) is 1.25. The van der Waals surface area contributed by atoms with E-state index in [9.17, 15) is 9.18 Å². The number of amides is 1. The highest BCUT2D eigenvalue weighted by molar-refractivity contribution is 6.04. The van der Waals surface area contributed by atoms with Gasteiger partial charge >= 0.3 is 0 Å². The summed E-state index contributed by atoms with van der Waals surface area (Å²) in [5, 5.41) is 2.65. The van der Waals surface area contributed by atoms with E-state index in [0.717, 1.165) is 6.42 Å². The Hall–Kier alpha value is -2.89. The molecule has 5 nitrogen and oxygen atoms in total. The lowest BCUT2D eigenvalue weighted by atomic mass is 10.1. The first kappa shape index (κ1) is 17.0. The van der Waals surface area contributed by atoms with E-state index in [2.05, 4.69) is 10.3 Å². The second-order valence-electron chi connectivity index (χ2n) is 6.06. The maximum atomic E-state index is 13.8. The number of carbonyl (C=O) groups excluding carboxylic acids is 1. The number of amidine groups is 1. The maximum Gasteiger partial charge on any atom is 0.291 e. The first-order valence-corrected chi connectivity index (χ1v) is 8.10. The minimum absolute atomic E-state index is 0.0874. The monoisotopic (exact) mass is 341 g/mol. The Bertz CT molecular complexity index is 793. The van der Waals surface area contributed by atoms with Crippen molar-refractivity contribution in [2.45, 2.75) is 18.9 Å². The van der Waals surface area contributed by atoms with Crippen LogP contribution in [-0.2, 0) is 11.2 Å². The van der Waals surface area contributed by atoms with Gasteiger partial charge < -0.3 is 10.5 Å². The second-order valence-corrected chi connectivity index (χ2v) is 6.06. The van der Waals surface area contributed by atoms with Crippen molar-refractivity contribution in [1.29, 1.82) is 0 Å². The average Bonchev–Trinajstić information content (AvgIpc) is 3.35. The largest absolute Gasteiger partial charge is 0.461 e. The Balaban J connectivity index is 1.54. The molecule has 2 aromatic rings. The van der Waals surface area contributed by atoms with Gasteiger partial charge in [0, 0.05) is 24.2 Å². The number of halogens is 1. The normalized spacial score (nSPS) is 19.4. The quantitative estimate of drug-likeness (QED) is 0.510. The Labute approximate surface area is 145 Å². The summed E-state index contributed by atoms with van der Waals surface area (Å²) in [5.41, 5.74) is 7.36. The number of anilines is 1. The van der Waals surface area contributed by atoms with E-state index >= 15 is 0 Å². The van der Waals surface area contributed by atoms with Crippen LogP contribution in [0.4, 0.5) is 10.1 Å². The standard InChI is InChI=1S/C19H20FN3O2/c1-22-19(23-18(24)12-5-3-2-4-6-12)25-17-11-14(17)9-13-10-15(21)7-8-16(13)20/h2-8,10,14,17H,9,11,21H2,1H3,(H,22,23,24)/t14-,17?/m0/s1. The molecule has 1 fully saturated rings. The van der Waals surface area contributed by atoms with Gasteiger partial charge in [-0.25, -0.2) is 9.38 Å². The number of aliphatic imine (C=N–C) groups is 1. The Morgan fingerprint density at radius 1 is 1.32 bits per heavy atom. The summed E-state index contributed by atoms with van der Waals surface area (Å²) in [6, 6.07) is 13.6. The van der Waals surface area contributed by atoms with Crippen LogP contribution < -0.4 is 11.1 Å². The number of hydrogen-bond acceptors (Lipinski definition) is 4. The molecule has 1 saturated carbocycles. The number of carbonyl (C=O) groups is 1. The molecule has 1 amide bonds. The summed E-state index contributed by atoms with van der Waals surface area (Å²) in [4.78, 5) is 16.1. The molecule has 2 atom stereocenters. The summed E-state index contributed by atoms with van der Waals surface area (Å²) in [6.45, 7) is 0. The Morgan fingerprint density at radius 3 is 2.80 bits per heavy atom. The van der Waals surface area contributed by atoms with Gasteiger partial charge in [0.1, 0.15) is 11.9 Å². The Morgan fingerprint density at radius 2 is 2.08 bits per heavy atom. The smallest absolute Gasteiger partial charge is 0.291 e. The van der Waals surface area contributed by atoms with E-state index in [4.69, 9.17) is 10.5 Å². The SMILES string of the molecule is CN=C(NC(=O)c1ccccc1)OC1C[C@@H]1Cc1cc(N)ccc1F. The topological polar surface area (TPSA) is 76.7 Å². The molecule has 25 heavy (non-hydrogen) atoms. The maximum absolute atomic E-state index is 13.8. The van der Waals surface area contributed by atoms with E-state index < -0.39 is 0 Å². The fourth-order valence-electron chi connectivity index (χ4n) is 2.65. The zero-order valence-corrected chi connectivity index (χ0v) is 13.9. The third kappa shape index (κ3) is 4.35. The third-order valence-electron chi connectivity index (χ3n) is 4.13. The van der Waals surface area contributed by atoms with Crippen molar-refractivity contribution in [3.8, 4) is 0 Å². The van der Waals surface area contributed by atoms with Crippen molar-refractivity contribution in [3.63, 3.8) is 0 Å². The van der Waals surface area contributed by atoms with Gasteiger partial charge in [0.2, 0.25) is 0 Å². The van der Waals surface area contributed by atoms with Crippen molar-refractivity contribution in [2.75, 3.05) is 12.8 Å². The number of ether oxygens (including phenoxy) is 1. The minimum atomic E-state index is -0.278. The molecular formula is C19H20FN3O2. The highest BCUT2D eigenvalue weighted by atomic mass is 19.1. The molecule has 1 aliphatic carbocycles. The summed E-state index contributed by atoms with van der Waals surface area (Å²) >= 11 is 0. The summed E-state index contributed by atoms with van der Waals surface area (Å²) < 4.78 is 19.5. The summed E-state index contributed by atoms with van der Waals surface area (Å²) in [7, 11) is 1.55. The molecule has 1 aliphatic rings. The van der Waals surface area contributed by atoms with Gasteiger partial charge in [-0.1, -0.05) is 18.2 Å². The molecule has 0 saturated heterocycles. The number of nitrogens with zero attached hydrogens (tertiary/aromatic N) is 1. The van der Waals surface area contributed by atoms with Crippen molar-refractivity contribution in [3.05, 3.63) is 65.5 Å². The number of nitrogen functional groups attached to an aromatic ring is 1. The van der Waals surface area contributed by atoms with Crippen LogP contribution in [0.5, 0.6) is 0 Å². The average molecular weight is 341 g/mol. The minimum Gasteiger partial charge on any atom is -0.461 e. The van der Waals surface area contributed by atoms with Crippen LogP contribution in [-0.4, -0.2) is 25.1 Å². The predicted octanol–water partition coefficient (Wildman–Crippen LogP) is 2.77. The second kappa shape index (κ2) is 7.34. The van der Waals surface area contributed by atoms with Gasteiger partial charge in [-0.15, -0.1) is 0 Å². The van der Waals surface area contributed by atoms with E-state index in [1.54, 1.807) is 43.4 Å². The highest BCUT2D eigenvalue weighted by Crippen LogP contribution is 2.37. The van der Waals surface area contributed by atoms with E-state index in [-0.39, 0.29) is 29.8 Å². The van der Waals surface area contributed by atoms with E-state index in [0.29, 0.717) is 23.2 Å². The Kier molecular flexibility index (Phi) is 4.97. The lowest BCUT2D eigenvalue weighted by Gasteiger charge is -2.10. The molecule has 0 bridgehead atoms. The fourth-order valence-corrected chi connectivity index (χ4v) is 2.65. The van der Waals surface area contributed by atoms with Crippen LogP contribution in [0.25, 0.3) is 0 Å². The fraction of sp³-hybridized carbons (Fsp3) is 0.263. The lowest BCUT2D eigenvalue weighted by molar-refractivity contribution is 0.0963. The van der Waals surface area contributed by atoms with E-state index in [1.807, 2.05) is 6.07 Å². The molecule has 3 rings (SSSR count). The predicted molar refractivity (Wildman–Crippen MR) is 94.8 cm³/mol. The van der Waals surface area contributed by atoms with Crippen LogP contribution in [0.1, 0.15) is 22.3 Å². The molecular weight excluding hydrogens is 321 g/mol. The van der Waals surface area contributed by atoms with Crippen LogP contribution in [0.15, 0.2) is 53.5 Å². The molecule has 0 aromatic heterocycles. The van der Waals surface area contributed by atoms with Crippen molar-refractivity contribution < 1.29 is 13.9 Å². The van der Waals surface area contributed by atoms with Gasteiger partial charge in [-0.3, -0.25) is 10.1 Å². The molecule has 1 unspecified atom stereocenters. The number of nitrogens with one attached hydrogen (secondary N) is 1. The van der Waals surface area contributed by atoms with Crippen molar-refractivity contribution >= 4 is 17.6 Å². The van der Waals surface area contributed by atoms with Gasteiger partial charge in [0.05, 0.1) is 0 Å². The molecule has 6 heteroatoms. The third-order valence-corrected chi connectivity index (χ3v) is 4.13. The van der Waals surface area contributed by atoms with Crippen LogP contribution in [0.2, 0.25) is 0 Å². The van der Waals surface area contributed by atoms with Gasteiger partial charge in [0.15, 0.2) is 0 Å². The number of hydrogen-bond donors (Lipinski definition) is 2. The molecule has 0 heterocycles. The zero-order valence-electron chi connectivity index (χ0n) is 13.9. The molecule has 0 aliphatic heterocycles. The molecule has 130 valence electrons. The van der Waals surface area contributed by atoms with Gasteiger partial charge in [-0.05, 0) is 48.7 Å². The van der Waals surface area contributed by atoms with Crippen LogP contribution >= 0.6 is 0 Å². The van der Waals surface area contributed by atoms with Crippen molar-refractivity contribution in [2.24, 2.45) is 10.9 Å². The molecule has 0 radical (unpaired) electrons. The van der Waals surface area contributed by atoms with Crippen molar-refractivity contribution in [1.82, 2.24) is 5.32 Å². The number of nitrogens with two attached hydrogens (primary N) is 1. The van der Waals surface area contributed by atoms with Crippen LogP contribution in [0, 0.1) is 11.7 Å². The van der Waals surface area contributed by atoms with E-state index in [1.165, 1.54) is 6.07 Å².